The number of ether oxygens (including phenoxy) is 1. The van der Waals surface area contributed by atoms with E-state index < -0.39 is 0 Å². The predicted molar refractivity (Wildman–Crippen MR) is 103 cm³/mol. The van der Waals surface area contributed by atoms with E-state index in [1.807, 2.05) is 52.8 Å². The van der Waals surface area contributed by atoms with E-state index in [1.54, 1.807) is 6.07 Å². The van der Waals surface area contributed by atoms with Gasteiger partial charge in [-0.2, -0.15) is 0 Å². The molecule has 0 aromatic heterocycles. The lowest BCUT2D eigenvalue weighted by Crippen LogP contribution is -2.44. The molecule has 0 saturated carbocycles. The van der Waals surface area contributed by atoms with Crippen molar-refractivity contribution in [2.45, 2.75) is 46.3 Å². The monoisotopic (exact) mass is 368 g/mol. The fraction of sp³-hybridized carbons (Fsp3) is 0.556. The Kier molecular flexibility index (Phi) is 8.55. The highest BCUT2D eigenvalue weighted by atomic mass is 35.5. The lowest BCUT2D eigenvalue weighted by Gasteiger charge is -2.20. The van der Waals surface area contributed by atoms with Crippen molar-refractivity contribution in [3.63, 3.8) is 0 Å². The first-order valence-electron chi connectivity index (χ1n) is 8.45. The van der Waals surface area contributed by atoms with E-state index in [9.17, 15) is 4.79 Å². The molecule has 1 rings (SSSR count). The predicted octanol–water partition coefficient (Wildman–Crippen LogP) is 2.58. The highest BCUT2D eigenvalue weighted by molar-refractivity contribution is 6.32. The van der Waals surface area contributed by atoms with E-state index in [0.717, 1.165) is 0 Å². The summed E-state index contributed by atoms with van der Waals surface area (Å²) in [6, 6.07) is 7.35. The Hall–Kier alpha value is -1.95. The van der Waals surface area contributed by atoms with Crippen LogP contribution in [0.4, 0.5) is 0 Å². The molecule has 1 aromatic rings. The fourth-order valence-corrected chi connectivity index (χ4v) is 2.17. The molecule has 7 heteroatoms. The Morgan fingerprint density at radius 1 is 1.28 bits per heavy atom. The van der Waals surface area contributed by atoms with Gasteiger partial charge < -0.3 is 20.7 Å². The average molecular weight is 369 g/mol. The van der Waals surface area contributed by atoms with Crippen LogP contribution in [-0.2, 0) is 4.79 Å². The first kappa shape index (κ1) is 21.1. The molecule has 25 heavy (non-hydrogen) atoms. The van der Waals surface area contributed by atoms with Crippen molar-refractivity contribution in [3.8, 4) is 5.75 Å². The molecule has 1 unspecified atom stereocenters. The summed E-state index contributed by atoms with van der Waals surface area (Å²) < 4.78 is 5.81. The van der Waals surface area contributed by atoms with Crippen molar-refractivity contribution < 1.29 is 9.53 Å². The van der Waals surface area contributed by atoms with Crippen LogP contribution in [0.5, 0.6) is 5.75 Å². The van der Waals surface area contributed by atoms with Crippen LogP contribution in [-0.4, -0.2) is 43.1 Å². The third-order valence-electron chi connectivity index (χ3n) is 2.96. The van der Waals surface area contributed by atoms with Gasteiger partial charge in [0.2, 0.25) is 5.91 Å². The number of nitrogens with zero attached hydrogens (tertiary/aromatic N) is 1. The normalized spacial score (nSPS) is 13.1. The van der Waals surface area contributed by atoms with Gasteiger partial charge in [-0.05, 0) is 46.8 Å². The highest BCUT2D eigenvalue weighted by Gasteiger charge is 2.13. The van der Waals surface area contributed by atoms with Crippen molar-refractivity contribution in [1.29, 1.82) is 0 Å². The molecular formula is C18H29ClN4O2. The van der Waals surface area contributed by atoms with Gasteiger partial charge in [0.1, 0.15) is 18.4 Å². The number of carbonyl (C=O) groups excluding carboxylic acids is 1. The SMILES string of the molecule is CCNC(=NCC(=O)NC(C)(C)C)NCC(C)Oc1ccccc1Cl. The number of hydrogen-bond donors (Lipinski definition) is 3. The average Bonchev–Trinajstić information content (AvgIpc) is 2.50. The second kappa shape index (κ2) is 10.1. The quantitative estimate of drug-likeness (QED) is 0.511. The fourth-order valence-electron chi connectivity index (χ4n) is 1.99. The summed E-state index contributed by atoms with van der Waals surface area (Å²) in [5.74, 6) is 1.09. The van der Waals surface area contributed by atoms with E-state index in [4.69, 9.17) is 16.3 Å². The molecule has 0 saturated heterocycles. The number of para-hydroxylation sites is 1. The van der Waals surface area contributed by atoms with Crippen molar-refractivity contribution >= 4 is 23.5 Å². The van der Waals surface area contributed by atoms with Crippen LogP contribution in [0.2, 0.25) is 5.02 Å². The zero-order valence-electron chi connectivity index (χ0n) is 15.6. The van der Waals surface area contributed by atoms with Gasteiger partial charge in [0, 0.05) is 12.1 Å². The molecule has 0 aliphatic carbocycles. The van der Waals surface area contributed by atoms with Gasteiger partial charge in [-0.1, -0.05) is 23.7 Å². The minimum absolute atomic E-state index is 0.0619. The van der Waals surface area contributed by atoms with Crippen molar-refractivity contribution in [1.82, 2.24) is 16.0 Å². The van der Waals surface area contributed by atoms with Crippen LogP contribution < -0.4 is 20.7 Å². The molecule has 1 aromatic carbocycles. The Morgan fingerprint density at radius 2 is 1.96 bits per heavy atom. The van der Waals surface area contributed by atoms with Crippen molar-refractivity contribution in [3.05, 3.63) is 29.3 Å². The maximum Gasteiger partial charge on any atom is 0.242 e. The Balaban J connectivity index is 2.52. The molecule has 1 atom stereocenters. The number of amides is 1. The molecule has 0 bridgehead atoms. The smallest absolute Gasteiger partial charge is 0.242 e. The lowest BCUT2D eigenvalue weighted by atomic mass is 10.1. The largest absolute Gasteiger partial charge is 0.487 e. The third kappa shape index (κ3) is 9.19. The zero-order chi connectivity index (χ0) is 18.9. The number of hydrogen-bond acceptors (Lipinski definition) is 3. The van der Waals surface area contributed by atoms with Crippen LogP contribution in [0, 0.1) is 0 Å². The van der Waals surface area contributed by atoms with Crippen LogP contribution in [0.3, 0.4) is 0 Å². The van der Waals surface area contributed by atoms with Crippen molar-refractivity contribution in [2.75, 3.05) is 19.6 Å². The van der Waals surface area contributed by atoms with E-state index in [-0.39, 0.29) is 24.1 Å². The number of nitrogens with one attached hydrogen (secondary N) is 3. The van der Waals surface area contributed by atoms with Crippen molar-refractivity contribution in [2.24, 2.45) is 4.99 Å². The molecule has 0 spiro atoms. The van der Waals surface area contributed by atoms with Crippen LogP contribution in [0.15, 0.2) is 29.3 Å². The number of rotatable bonds is 7. The summed E-state index contributed by atoms with van der Waals surface area (Å²) in [5.41, 5.74) is -0.268. The number of guanidine groups is 1. The number of carbonyl (C=O) groups is 1. The minimum Gasteiger partial charge on any atom is -0.487 e. The Labute approximate surface area is 155 Å². The molecule has 1 amide bonds. The van der Waals surface area contributed by atoms with Gasteiger partial charge in [-0.25, -0.2) is 4.99 Å². The number of benzene rings is 1. The summed E-state index contributed by atoms with van der Waals surface area (Å²) in [4.78, 5) is 16.2. The second-order valence-electron chi connectivity index (χ2n) is 6.73. The lowest BCUT2D eigenvalue weighted by molar-refractivity contribution is -0.121. The van der Waals surface area contributed by atoms with Crippen LogP contribution in [0.1, 0.15) is 34.6 Å². The molecule has 6 nitrogen and oxygen atoms in total. The summed E-state index contributed by atoms with van der Waals surface area (Å²) in [6.45, 7) is 11.0. The molecule has 0 aliphatic rings. The van der Waals surface area contributed by atoms with Crippen LogP contribution >= 0.6 is 11.6 Å². The first-order valence-corrected chi connectivity index (χ1v) is 8.83. The maximum absolute atomic E-state index is 11.9. The second-order valence-corrected chi connectivity index (χ2v) is 7.14. The van der Waals surface area contributed by atoms with E-state index in [1.165, 1.54) is 0 Å². The molecule has 3 N–H and O–H groups in total. The maximum atomic E-state index is 11.9. The molecular weight excluding hydrogens is 340 g/mol. The minimum atomic E-state index is -0.268. The van der Waals surface area contributed by atoms with Crippen LogP contribution in [0.25, 0.3) is 0 Å². The first-order chi connectivity index (χ1) is 11.7. The summed E-state index contributed by atoms with van der Waals surface area (Å²) in [7, 11) is 0. The summed E-state index contributed by atoms with van der Waals surface area (Å²) in [5, 5.41) is 9.73. The van der Waals surface area contributed by atoms with Gasteiger partial charge in [0.05, 0.1) is 11.6 Å². The molecule has 0 radical (unpaired) electrons. The van der Waals surface area contributed by atoms with Gasteiger partial charge in [-0.15, -0.1) is 0 Å². The Morgan fingerprint density at radius 3 is 2.56 bits per heavy atom. The third-order valence-corrected chi connectivity index (χ3v) is 3.27. The zero-order valence-corrected chi connectivity index (χ0v) is 16.4. The molecule has 0 heterocycles. The number of aliphatic imine (C=N–C) groups is 1. The summed E-state index contributed by atoms with van der Waals surface area (Å²) in [6.07, 6.45) is -0.118. The molecule has 140 valence electrons. The van der Waals surface area contributed by atoms with E-state index in [0.29, 0.717) is 29.8 Å². The molecule has 0 fully saturated rings. The van der Waals surface area contributed by atoms with E-state index >= 15 is 0 Å². The Bertz CT molecular complexity index is 585. The standard InChI is InChI=1S/C18H29ClN4O2/c1-6-20-17(22-12-16(24)23-18(3,4)5)21-11-13(2)25-15-10-8-7-9-14(15)19/h7-10,13H,6,11-12H2,1-5H3,(H,23,24)(H2,20,21,22). The number of halogens is 1. The van der Waals surface area contributed by atoms with Gasteiger partial charge in [-0.3, -0.25) is 4.79 Å². The van der Waals surface area contributed by atoms with Gasteiger partial charge in [0.15, 0.2) is 5.96 Å². The van der Waals surface area contributed by atoms with Gasteiger partial charge >= 0.3 is 0 Å². The summed E-state index contributed by atoms with van der Waals surface area (Å²) >= 11 is 6.09. The van der Waals surface area contributed by atoms with E-state index in [2.05, 4.69) is 20.9 Å². The topological polar surface area (TPSA) is 74.8 Å². The highest BCUT2D eigenvalue weighted by Crippen LogP contribution is 2.23. The van der Waals surface area contributed by atoms with Gasteiger partial charge in [0.25, 0.3) is 0 Å². The molecule has 0 aliphatic heterocycles.